The van der Waals surface area contributed by atoms with Gasteiger partial charge in [0.1, 0.15) is 5.82 Å². The fraction of sp³-hybridized carbons (Fsp3) is 0.579. The number of benzene rings is 1. The molecule has 0 spiro atoms. The standard InChI is InChI=1S/C19H28FN3O2/c1-5-16(24)23-11-10-15(12-23)21-18(25)22-17(19(2,3)4)13-6-8-14(20)9-7-13/h6-9,15,17H,5,10-12H2,1-4H3,(H2,21,22,25)/t15-,17-/m0/s1. The highest BCUT2D eigenvalue weighted by Gasteiger charge is 2.30. The van der Waals surface area contributed by atoms with Gasteiger partial charge in [-0.25, -0.2) is 9.18 Å². The van der Waals surface area contributed by atoms with Crippen molar-refractivity contribution in [2.45, 2.75) is 52.6 Å². The molecule has 1 aromatic rings. The van der Waals surface area contributed by atoms with Crippen LogP contribution in [0.2, 0.25) is 0 Å². The van der Waals surface area contributed by atoms with Gasteiger partial charge in [-0.1, -0.05) is 39.8 Å². The number of likely N-dealkylation sites (tertiary alicyclic amines) is 1. The van der Waals surface area contributed by atoms with Gasteiger partial charge < -0.3 is 15.5 Å². The number of hydrogen-bond acceptors (Lipinski definition) is 2. The molecule has 0 unspecified atom stereocenters. The second-order valence-corrected chi connectivity index (χ2v) is 7.65. The number of carbonyl (C=O) groups excluding carboxylic acids is 2. The first kappa shape index (κ1) is 19.2. The Morgan fingerprint density at radius 1 is 1.28 bits per heavy atom. The van der Waals surface area contributed by atoms with E-state index in [1.807, 2.05) is 27.7 Å². The number of halogens is 1. The van der Waals surface area contributed by atoms with Gasteiger partial charge in [-0.05, 0) is 29.5 Å². The Morgan fingerprint density at radius 2 is 1.92 bits per heavy atom. The van der Waals surface area contributed by atoms with Gasteiger partial charge in [0.15, 0.2) is 0 Å². The molecule has 1 aromatic carbocycles. The van der Waals surface area contributed by atoms with Crippen molar-refractivity contribution in [3.8, 4) is 0 Å². The minimum Gasteiger partial charge on any atom is -0.341 e. The van der Waals surface area contributed by atoms with Crippen molar-refractivity contribution in [2.24, 2.45) is 5.41 Å². The molecule has 0 aliphatic carbocycles. The van der Waals surface area contributed by atoms with Gasteiger partial charge in [-0.2, -0.15) is 0 Å². The third kappa shape index (κ3) is 5.18. The molecule has 138 valence electrons. The fourth-order valence-corrected chi connectivity index (χ4v) is 3.14. The monoisotopic (exact) mass is 349 g/mol. The van der Waals surface area contributed by atoms with Crippen LogP contribution in [-0.4, -0.2) is 36.0 Å². The molecule has 6 heteroatoms. The number of rotatable bonds is 4. The predicted molar refractivity (Wildman–Crippen MR) is 95.5 cm³/mol. The average Bonchev–Trinajstić information content (AvgIpc) is 3.00. The summed E-state index contributed by atoms with van der Waals surface area (Å²) in [7, 11) is 0. The lowest BCUT2D eigenvalue weighted by molar-refractivity contribution is -0.129. The Bertz CT molecular complexity index is 610. The molecule has 1 aliphatic heterocycles. The second kappa shape index (κ2) is 7.85. The van der Waals surface area contributed by atoms with E-state index >= 15 is 0 Å². The zero-order chi connectivity index (χ0) is 18.6. The number of nitrogens with zero attached hydrogens (tertiary/aromatic N) is 1. The summed E-state index contributed by atoms with van der Waals surface area (Å²) in [5, 5.41) is 5.96. The largest absolute Gasteiger partial charge is 0.341 e. The van der Waals surface area contributed by atoms with Crippen LogP contribution in [0.3, 0.4) is 0 Å². The van der Waals surface area contributed by atoms with E-state index in [1.165, 1.54) is 12.1 Å². The number of nitrogens with one attached hydrogen (secondary N) is 2. The third-order valence-corrected chi connectivity index (χ3v) is 4.52. The molecule has 2 atom stereocenters. The molecule has 2 N–H and O–H groups in total. The number of carbonyl (C=O) groups is 2. The van der Waals surface area contributed by atoms with Crippen molar-refractivity contribution in [3.05, 3.63) is 35.6 Å². The van der Waals surface area contributed by atoms with Gasteiger partial charge in [0.2, 0.25) is 5.91 Å². The molecular formula is C19H28FN3O2. The van der Waals surface area contributed by atoms with Crippen molar-refractivity contribution in [1.82, 2.24) is 15.5 Å². The minimum absolute atomic E-state index is 0.0377. The Labute approximate surface area is 149 Å². The molecule has 2 rings (SSSR count). The maximum Gasteiger partial charge on any atom is 0.315 e. The van der Waals surface area contributed by atoms with Crippen LogP contribution in [0, 0.1) is 11.2 Å². The molecule has 1 saturated heterocycles. The zero-order valence-electron chi connectivity index (χ0n) is 15.4. The SMILES string of the molecule is CCC(=O)N1CC[C@H](NC(=O)N[C@@H](c2ccc(F)cc2)C(C)(C)C)C1. The summed E-state index contributed by atoms with van der Waals surface area (Å²) >= 11 is 0. The number of urea groups is 1. The third-order valence-electron chi connectivity index (χ3n) is 4.52. The van der Waals surface area contributed by atoms with E-state index in [4.69, 9.17) is 0 Å². The Morgan fingerprint density at radius 3 is 2.48 bits per heavy atom. The van der Waals surface area contributed by atoms with Gasteiger partial charge >= 0.3 is 6.03 Å². The maximum absolute atomic E-state index is 13.2. The molecule has 0 saturated carbocycles. The van der Waals surface area contributed by atoms with Crippen LogP contribution in [0.4, 0.5) is 9.18 Å². The molecule has 25 heavy (non-hydrogen) atoms. The van der Waals surface area contributed by atoms with Crippen LogP contribution in [-0.2, 0) is 4.79 Å². The molecule has 1 heterocycles. The molecule has 1 fully saturated rings. The zero-order valence-corrected chi connectivity index (χ0v) is 15.4. The first-order valence-electron chi connectivity index (χ1n) is 8.81. The molecule has 1 aliphatic rings. The van der Waals surface area contributed by atoms with E-state index in [9.17, 15) is 14.0 Å². The fourth-order valence-electron chi connectivity index (χ4n) is 3.14. The smallest absolute Gasteiger partial charge is 0.315 e. The van der Waals surface area contributed by atoms with E-state index in [2.05, 4.69) is 10.6 Å². The van der Waals surface area contributed by atoms with E-state index < -0.39 is 0 Å². The van der Waals surface area contributed by atoms with Crippen LogP contribution in [0.15, 0.2) is 24.3 Å². The summed E-state index contributed by atoms with van der Waals surface area (Å²) in [5.74, 6) is -0.184. The van der Waals surface area contributed by atoms with Crippen LogP contribution >= 0.6 is 0 Å². The van der Waals surface area contributed by atoms with Gasteiger partial charge in [0.05, 0.1) is 6.04 Å². The average molecular weight is 349 g/mol. The van der Waals surface area contributed by atoms with Crippen LogP contribution in [0.25, 0.3) is 0 Å². The number of hydrogen-bond donors (Lipinski definition) is 2. The van der Waals surface area contributed by atoms with Gasteiger partial charge in [0, 0.05) is 25.6 Å². The Balaban J connectivity index is 1.99. The first-order valence-corrected chi connectivity index (χ1v) is 8.81. The molecular weight excluding hydrogens is 321 g/mol. The molecule has 0 aromatic heterocycles. The summed E-state index contributed by atoms with van der Waals surface area (Å²) in [6.45, 7) is 9.15. The van der Waals surface area contributed by atoms with Gasteiger partial charge in [0.25, 0.3) is 0 Å². The van der Waals surface area contributed by atoms with Gasteiger partial charge in [-0.3, -0.25) is 4.79 Å². The number of amides is 3. The van der Waals surface area contributed by atoms with Crippen LogP contribution in [0.1, 0.15) is 52.1 Å². The van der Waals surface area contributed by atoms with E-state index in [0.29, 0.717) is 19.5 Å². The first-order chi connectivity index (χ1) is 11.7. The van der Waals surface area contributed by atoms with Gasteiger partial charge in [-0.15, -0.1) is 0 Å². The normalized spacial score (nSPS) is 18.8. The maximum atomic E-state index is 13.2. The lowest BCUT2D eigenvalue weighted by atomic mass is 9.82. The topological polar surface area (TPSA) is 61.4 Å². The Kier molecular flexibility index (Phi) is 6.03. The predicted octanol–water partition coefficient (Wildman–Crippen LogP) is 3.22. The molecule has 0 bridgehead atoms. The highest BCUT2D eigenvalue weighted by molar-refractivity contribution is 5.77. The van der Waals surface area contributed by atoms with E-state index in [1.54, 1.807) is 17.0 Å². The van der Waals surface area contributed by atoms with Crippen molar-refractivity contribution in [2.75, 3.05) is 13.1 Å². The minimum atomic E-state index is -0.299. The Hall–Kier alpha value is -2.11. The lowest BCUT2D eigenvalue weighted by Gasteiger charge is -2.32. The van der Waals surface area contributed by atoms with Crippen molar-refractivity contribution < 1.29 is 14.0 Å². The van der Waals surface area contributed by atoms with Crippen molar-refractivity contribution in [3.63, 3.8) is 0 Å². The van der Waals surface area contributed by atoms with Crippen LogP contribution in [0.5, 0.6) is 0 Å². The molecule has 3 amide bonds. The summed E-state index contributed by atoms with van der Waals surface area (Å²) in [6.07, 6.45) is 1.24. The van der Waals surface area contributed by atoms with Crippen molar-refractivity contribution >= 4 is 11.9 Å². The summed E-state index contributed by atoms with van der Waals surface area (Å²) in [6, 6.07) is 5.65. The highest BCUT2D eigenvalue weighted by Crippen LogP contribution is 2.32. The summed E-state index contributed by atoms with van der Waals surface area (Å²) in [5.41, 5.74) is 0.632. The molecule has 0 radical (unpaired) electrons. The quantitative estimate of drug-likeness (QED) is 0.877. The van der Waals surface area contributed by atoms with E-state index in [0.717, 1.165) is 12.0 Å². The second-order valence-electron chi connectivity index (χ2n) is 7.65. The lowest BCUT2D eigenvalue weighted by Crippen LogP contribution is -2.47. The highest BCUT2D eigenvalue weighted by atomic mass is 19.1. The summed E-state index contributed by atoms with van der Waals surface area (Å²) in [4.78, 5) is 26.0. The summed E-state index contributed by atoms with van der Waals surface area (Å²) < 4.78 is 13.2. The van der Waals surface area contributed by atoms with Crippen molar-refractivity contribution in [1.29, 1.82) is 0 Å². The molecule has 5 nitrogen and oxygen atoms in total. The van der Waals surface area contributed by atoms with E-state index in [-0.39, 0.29) is 35.3 Å². The van der Waals surface area contributed by atoms with Crippen LogP contribution < -0.4 is 10.6 Å².